The summed E-state index contributed by atoms with van der Waals surface area (Å²) in [6, 6.07) is 1.93. The van der Waals surface area contributed by atoms with Crippen molar-refractivity contribution in [1.29, 1.82) is 0 Å². The number of allylic oxidation sites excluding steroid dienone is 1. The van der Waals surface area contributed by atoms with E-state index in [4.69, 9.17) is 0 Å². The molecule has 0 aliphatic heterocycles. The Morgan fingerprint density at radius 2 is 2.19 bits per heavy atom. The van der Waals surface area contributed by atoms with Gasteiger partial charge in [0.15, 0.2) is 0 Å². The highest BCUT2D eigenvalue weighted by molar-refractivity contribution is 5.81. The highest BCUT2D eigenvalue weighted by Gasteiger charge is 2.17. The number of aldehydes is 1. The van der Waals surface area contributed by atoms with Crippen LogP contribution < -0.4 is 5.32 Å². The fraction of sp³-hybridized carbons (Fsp3) is 0.100. The molecule has 84 valence electrons. The Morgan fingerprint density at radius 3 is 2.69 bits per heavy atom. The van der Waals surface area contributed by atoms with Gasteiger partial charge in [-0.05, 0) is 18.2 Å². The van der Waals surface area contributed by atoms with E-state index in [0.29, 0.717) is 6.29 Å². The number of halogens is 1. The molecule has 16 heavy (non-hydrogen) atoms. The Morgan fingerprint density at radius 1 is 1.50 bits per heavy atom. The lowest BCUT2D eigenvalue weighted by molar-refractivity contribution is -0.385. The van der Waals surface area contributed by atoms with E-state index in [1.807, 2.05) is 0 Å². The van der Waals surface area contributed by atoms with Crippen molar-refractivity contribution in [3.63, 3.8) is 0 Å². The van der Waals surface area contributed by atoms with Crippen LogP contribution in [-0.4, -0.2) is 18.3 Å². The first-order valence-corrected chi connectivity index (χ1v) is 4.37. The average Bonchev–Trinajstić information content (AvgIpc) is 2.26. The Kier molecular flexibility index (Phi) is 3.71. The summed E-state index contributed by atoms with van der Waals surface area (Å²) in [6.07, 6.45) is 2.87. The van der Waals surface area contributed by atoms with E-state index in [1.165, 1.54) is 13.1 Å². The van der Waals surface area contributed by atoms with Crippen LogP contribution in [0.15, 0.2) is 18.2 Å². The quantitative estimate of drug-likeness (QED) is 0.367. The molecule has 0 aliphatic carbocycles. The highest BCUT2D eigenvalue weighted by atomic mass is 19.1. The molecule has 0 amide bonds. The maximum absolute atomic E-state index is 13.0. The van der Waals surface area contributed by atoms with Crippen LogP contribution in [0.2, 0.25) is 0 Å². The first-order chi connectivity index (χ1) is 7.60. The molecule has 1 aromatic rings. The molecule has 1 N–H and O–H groups in total. The number of nitro groups is 1. The summed E-state index contributed by atoms with van der Waals surface area (Å²) in [5, 5.41) is 13.3. The van der Waals surface area contributed by atoms with Crippen LogP contribution in [-0.2, 0) is 4.79 Å². The molecule has 0 saturated carbocycles. The second-order valence-corrected chi connectivity index (χ2v) is 2.89. The Bertz CT molecular complexity index is 458. The van der Waals surface area contributed by atoms with E-state index in [2.05, 4.69) is 5.32 Å². The van der Waals surface area contributed by atoms with Crippen LogP contribution in [0.25, 0.3) is 6.08 Å². The minimum Gasteiger partial charge on any atom is -0.387 e. The van der Waals surface area contributed by atoms with Gasteiger partial charge < -0.3 is 5.32 Å². The first-order valence-electron chi connectivity index (χ1n) is 4.37. The topological polar surface area (TPSA) is 72.2 Å². The summed E-state index contributed by atoms with van der Waals surface area (Å²) < 4.78 is 13.0. The van der Waals surface area contributed by atoms with E-state index in [9.17, 15) is 19.3 Å². The van der Waals surface area contributed by atoms with Crippen molar-refractivity contribution in [3.05, 3.63) is 39.7 Å². The van der Waals surface area contributed by atoms with Crippen molar-refractivity contribution in [1.82, 2.24) is 0 Å². The van der Waals surface area contributed by atoms with Gasteiger partial charge in [-0.1, -0.05) is 0 Å². The fourth-order valence-corrected chi connectivity index (χ4v) is 1.27. The van der Waals surface area contributed by atoms with Gasteiger partial charge in [0.05, 0.1) is 22.2 Å². The van der Waals surface area contributed by atoms with Crippen molar-refractivity contribution in [2.75, 3.05) is 12.4 Å². The van der Waals surface area contributed by atoms with E-state index in [1.54, 1.807) is 0 Å². The second kappa shape index (κ2) is 5.01. The van der Waals surface area contributed by atoms with Crippen molar-refractivity contribution in [2.45, 2.75) is 0 Å². The van der Waals surface area contributed by atoms with Crippen molar-refractivity contribution >= 4 is 23.7 Å². The summed E-state index contributed by atoms with van der Waals surface area (Å²) in [6.45, 7) is 0. The van der Waals surface area contributed by atoms with Gasteiger partial charge in [0, 0.05) is 7.05 Å². The number of nitrogens with zero attached hydrogens (tertiary/aromatic N) is 1. The Balaban J connectivity index is 3.44. The van der Waals surface area contributed by atoms with Crippen LogP contribution in [0.4, 0.5) is 15.8 Å². The minimum absolute atomic E-state index is 0.168. The Hall–Kier alpha value is -2.24. The standard InChI is InChI=1S/C10H9FN2O3/c1-12-9-5-7(11)6-10(13(15)16)8(9)3-2-4-14/h2-6,12H,1H3/b3-2-. The van der Waals surface area contributed by atoms with Crippen LogP contribution in [0.1, 0.15) is 5.56 Å². The molecule has 1 rings (SSSR count). The average molecular weight is 224 g/mol. The van der Waals surface area contributed by atoms with Crippen LogP contribution >= 0.6 is 0 Å². The van der Waals surface area contributed by atoms with E-state index in [-0.39, 0.29) is 16.9 Å². The molecule has 5 nitrogen and oxygen atoms in total. The molecule has 6 heteroatoms. The number of nitro benzene ring substituents is 1. The van der Waals surface area contributed by atoms with Gasteiger partial charge in [-0.2, -0.15) is 0 Å². The maximum atomic E-state index is 13.0. The first kappa shape index (κ1) is 11.8. The molecule has 0 aliphatic rings. The van der Waals surface area contributed by atoms with E-state index < -0.39 is 10.7 Å². The lowest BCUT2D eigenvalue weighted by Crippen LogP contribution is -1.99. The molecule has 0 saturated heterocycles. The van der Waals surface area contributed by atoms with Crippen LogP contribution in [0.3, 0.4) is 0 Å². The van der Waals surface area contributed by atoms with Gasteiger partial charge in [-0.25, -0.2) is 4.39 Å². The summed E-state index contributed by atoms with van der Waals surface area (Å²) in [5.41, 5.74) is 0.0354. The molecule has 0 radical (unpaired) electrons. The summed E-state index contributed by atoms with van der Waals surface area (Å²) >= 11 is 0. The summed E-state index contributed by atoms with van der Waals surface area (Å²) in [4.78, 5) is 20.2. The van der Waals surface area contributed by atoms with Crippen molar-refractivity contribution in [2.24, 2.45) is 0 Å². The normalized spacial score (nSPS) is 10.4. The summed E-state index contributed by atoms with van der Waals surface area (Å²) in [7, 11) is 1.51. The molecule has 0 atom stereocenters. The molecule has 1 aromatic carbocycles. The number of hydrogen-bond acceptors (Lipinski definition) is 4. The zero-order valence-corrected chi connectivity index (χ0v) is 8.44. The Labute approximate surface area is 90.7 Å². The third-order valence-corrected chi connectivity index (χ3v) is 1.93. The number of anilines is 1. The van der Waals surface area contributed by atoms with Gasteiger partial charge in [0.1, 0.15) is 12.1 Å². The number of hydrogen-bond donors (Lipinski definition) is 1. The van der Waals surface area contributed by atoms with Crippen molar-refractivity contribution in [3.8, 4) is 0 Å². The lowest BCUT2D eigenvalue weighted by atomic mass is 10.1. The van der Waals surface area contributed by atoms with Gasteiger partial charge in [-0.15, -0.1) is 0 Å². The van der Waals surface area contributed by atoms with Crippen LogP contribution in [0, 0.1) is 15.9 Å². The highest BCUT2D eigenvalue weighted by Crippen LogP contribution is 2.29. The summed E-state index contributed by atoms with van der Waals surface area (Å²) in [5.74, 6) is -0.709. The fourth-order valence-electron chi connectivity index (χ4n) is 1.27. The molecule has 0 aromatic heterocycles. The van der Waals surface area contributed by atoms with Gasteiger partial charge in [-0.3, -0.25) is 14.9 Å². The molecule has 0 spiro atoms. The molecule has 0 bridgehead atoms. The SMILES string of the molecule is CNc1cc(F)cc([N+](=O)[O-])c1/C=C\C=O. The van der Waals surface area contributed by atoms with Gasteiger partial charge >= 0.3 is 0 Å². The second-order valence-electron chi connectivity index (χ2n) is 2.89. The third kappa shape index (κ3) is 2.41. The van der Waals surface area contributed by atoms with E-state index >= 15 is 0 Å². The van der Waals surface area contributed by atoms with Crippen LogP contribution in [0.5, 0.6) is 0 Å². The molecule has 0 heterocycles. The lowest BCUT2D eigenvalue weighted by Gasteiger charge is -2.06. The smallest absolute Gasteiger partial charge is 0.281 e. The predicted molar refractivity (Wildman–Crippen MR) is 57.7 cm³/mol. The number of benzene rings is 1. The zero-order chi connectivity index (χ0) is 12.1. The van der Waals surface area contributed by atoms with Gasteiger partial charge in [0.2, 0.25) is 0 Å². The molecule has 0 fully saturated rings. The van der Waals surface area contributed by atoms with Crippen molar-refractivity contribution < 1.29 is 14.1 Å². The van der Waals surface area contributed by atoms with E-state index in [0.717, 1.165) is 18.2 Å². The number of carbonyl (C=O) groups is 1. The monoisotopic (exact) mass is 224 g/mol. The molecular formula is C10H9FN2O3. The predicted octanol–water partition coefficient (Wildman–Crippen LogP) is 1.99. The number of rotatable bonds is 4. The zero-order valence-electron chi connectivity index (χ0n) is 8.44. The maximum Gasteiger partial charge on any atom is 0.281 e. The number of carbonyl (C=O) groups excluding carboxylic acids is 1. The van der Waals surface area contributed by atoms with Gasteiger partial charge in [0.25, 0.3) is 5.69 Å². The molecule has 0 unspecified atom stereocenters. The molecular weight excluding hydrogens is 215 g/mol. The number of nitrogens with one attached hydrogen (secondary N) is 1. The largest absolute Gasteiger partial charge is 0.387 e. The third-order valence-electron chi connectivity index (χ3n) is 1.93. The minimum atomic E-state index is -0.709.